The zero-order chi connectivity index (χ0) is 26.0. The summed E-state index contributed by atoms with van der Waals surface area (Å²) in [5, 5.41) is 5.51. The summed E-state index contributed by atoms with van der Waals surface area (Å²) in [6.07, 6.45) is 8.38. The van der Waals surface area contributed by atoms with Crippen molar-refractivity contribution in [2.75, 3.05) is 10.6 Å². The molecule has 0 unspecified atom stereocenters. The van der Waals surface area contributed by atoms with Gasteiger partial charge in [0, 0.05) is 17.4 Å². The highest BCUT2D eigenvalue weighted by Crippen LogP contribution is 2.49. The Labute approximate surface area is 215 Å². The van der Waals surface area contributed by atoms with Gasteiger partial charge in [0.25, 0.3) is 0 Å². The van der Waals surface area contributed by atoms with Crippen molar-refractivity contribution in [3.63, 3.8) is 0 Å². The molecule has 2 aliphatic rings. The van der Waals surface area contributed by atoms with E-state index in [1.54, 1.807) is 4.74 Å². The number of nitrogens with one attached hydrogen (secondary N) is 2. The molecule has 1 heterocycles. The van der Waals surface area contributed by atoms with Gasteiger partial charge in [-0.1, -0.05) is 31.4 Å². The first kappa shape index (κ1) is 25.0. The average molecular weight is 504 g/mol. The maximum atomic E-state index is 12.8. The van der Waals surface area contributed by atoms with Crippen molar-refractivity contribution in [2.45, 2.75) is 75.8 Å². The Bertz CT molecular complexity index is 1290. The fraction of sp³-hybridized carbons (Fsp3) is 0.429. The van der Waals surface area contributed by atoms with Gasteiger partial charge in [-0.3, -0.25) is 9.59 Å². The van der Waals surface area contributed by atoms with Crippen LogP contribution in [-0.4, -0.2) is 28.6 Å². The molecule has 0 saturated heterocycles. The molecule has 0 aliphatic heterocycles. The molecule has 194 valence electrons. The normalized spacial score (nSPS) is 17.7. The van der Waals surface area contributed by atoms with Gasteiger partial charge < -0.3 is 20.9 Å². The number of benzene rings is 2. The monoisotopic (exact) mass is 503 g/mol. The minimum absolute atomic E-state index is 0.0473. The highest BCUT2D eigenvalue weighted by Gasteiger charge is 2.47. The van der Waals surface area contributed by atoms with Crippen molar-refractivity contribution >= 4 is 24.2 Å². The first-order valence-corrected chi connectivity index (χ1v) is 13.0. The van der Waals surface area contributed by atoms with Crippen LogP contribution >= 0.6 is 0 Å². The number of hydrogen-bond donors (Lipinski definition) is 3. The maximum Gasteiger partial charge on any atom is 0.459 e. The van der Waals surface area contributed by atoms with Crippen molar-refractivity contribution in [1.82, 2.24) is 9.72 Å². The van der Waals surface area contributed by atoms with Gasteiger partial charge in [-0.25, -0.2) is 4.79 Å². The van der Waals surface area contributed by atoms with Crippen molar-refractivity contribution in [3.05, 3.63) is 75.0 Å². The van der Waals surface area contributed by atoms with E-state index in [0.717, 1.165) is 47.9 Å². The SMILES string of the molecule is C[C@@H](N)CC1(c2nc(=O)on2C2CCCCC2)c2ccc(NC=O)cc2CCc2cc(NC=O)ccc21. The molecule has 1 fully saturated rings. The molecule has 3 aromatic rings. The summed E-state index contributed by atoms with van der Waals surface area (Å²) in [4.78, 5) is 39.7. The number of hydrogen-bond acceptors (Lipinski definition) is 6. The van der Waals surface area contributed by atoms with Crippen molar-refractivity contribution in [1.29, 1.82) is 0 Å². The Balaban J connectivity index is 1.83. The summed E-state index contributed by atoms with van der Waals surface area (Å²) in [5.41, 5.74) is 11.1. The predicted molar refractivity (Wildman–Crippen MR) is 141 cm³/mol. The lowest BCUT2D eigenvalue weighted by atomic mass is 9.67. The molecule has 9 heteroatoms. The zero-order valence-electron chi connectivity index (χ0n) is 21.0. The van der Waals surface area contributed by atoms with Crippen molar-refractivity contribution in [2.24, 2.45) is 5.73 Å². The van der Waals surface area contributed by atoms with Gasteiger partial charge in [0.1, 0.15) is 0 Å². The summed E-state index contributed by atoms with van der Waals surface area (Å²) >= 11 is 0. The number of nitrogens with two attached hydrogens (primary N) is 1. The summed E-state index contributed by atoms with van der Waals surface area (Å²) in [7, 11) is 0. The Morgan fingerprint density at radius 1 is 1.03 bits per heavy atom. The van der Waals surface area contributed by atoms with Gasteiger partial charge in [-0.05, 0) is 85.5 Å². The lowest BCUT2D eigenvalue weighted by Crippen LogP contribution is -2.40. The highest BCUT2D eigenvalue weighted by molar-refractivity contribution is 5.74. The number of carbonyl (C=O) groups excluding carboxylic acids is 2. The number of fused-ring (bicyclic) bond motifs is 2. The van der Waals surface area contributed by atoms with Crippen LogP contribution in [0.25, 0.3) is 0 Å². The van der Waals surface area contributed by atoms with Gasteiger partial charge >= 0.3 is 5.76 Å². The Morgan fingerprint density at radius 3 is 2.11 bits per heavy atom. The molecule has 0 bridgehead atoms. The van der Waals surface area contributed by atoms with E-state index in [-0.39, 0.29) is 12.1 Å². The second-order valence-corrected chi connectivity index (χ2v) is 10.3. The lowest BCUT2D eigenvalue weighted by molar-refractivity contribution is -0.106. The van der Waals surface area contributed by atoms with Crippen LogP contribution in [0.15, 0.2) is 45.7 Å². The van der Waals surface area contributed by atoms with Gasteiger partial charge in [-0.2, -0.15) is 9.72 Å². The van der Waals surface area contributed by atoms with Crippen LogP contribution in [0, 0.1) is 0 Å². The van der Waals surface area contributed by atoms with E-state index in [9.17, 15) is 14.4 Å². The first-order chi connectivity index (χ1) is 18.0. The van der Waals surface area contributed by atoms with Gasteiger partial charge in [0.2, 0.25) is 12.8 Å². The zero-order valence-corrected chi connectivity index (χ0v) is 21.0. The van der Waals surface area contributed by atoms with E-state index in [1.807, 2.05) is 43.3 Å². The molecule has 1 aromatic heterocycles. The van der Waals surface area contributed by atoms with Crippen LogP contribution < -0.4 is 22.1 Å². The first-order valence-electron chi connectivity index (χ1n) is 13.0. The smallest absolute Gasteiger partial charge is 0.329 e. The second kappa shape index (κ2) is 10.3. The molecular weight excluding hydrogens is 470 g/mol. The van der Waals surface area contributed by atoms with Gasteiger partial charge in [0.15, 0.2) is 5.82 Å². The minimum Gasteiger partial charge on any atom is -0.329 e. The molecule has 2 aliphatic carbocycles. The standard InChI is InChI=1S/C28H33N5O4/c1-18(29)15-28(26-32-27(36)37-33(26)23-5-3-2-4-6-23)24-11-9-21(30-16-34)13-19(24)7-8-20-14-22(31-17-35)10-12-25(20)28/h9-14,16-18,23H,2-8,15,29H2,1H3,(H,30,34)(H,31,35)/t18-/m1/s1. The van der Waals surface area contributed by atoms with Crippen molar-refractivity contribution < 1.29 is 14.1 Å². The maximum absolute atomic E-state index is 12.8. The fourth-order valence-corrected chi connectivity index (χ4v) is 6.33. The van der Waals surface area contributed by atoms with E-state index in [4.69, 9.17) is 10.3 Å². The number of rotatable bonds is 8. The van der Waals surface area contributed by atoms with Gasteiger partial charge in [-0.15, -0.1) is 0 Å². The number of nitrogens with zero attached hydrogens (tertiary/aromatic N) is 2. The molecule has 9 nitrogen and oxygen atoms in total. The van der Waals surface area contributed by atoms with Crippen molar-refractivity contribution in [3.8, 4) is 0 Å². The van der Waals surface area contributed by atoms with Crippen LogP contribution in [-0.2, 0) is 27.8 Å². The van der Waals surface area contributed by atoms with Crippen LogP contribution in [0.3, 0.4) is 0 Å². The molecule has 0 spiro atoms. The molecular formula is C28H33N5O4. The number of anilines is 2. The number of carbonyl (C=O) groups is 2. The van der Waals surface area contributed by atoms with E-state index in [2.05, 4.69) is 15.6 Å². The van der Waals surface area contributed by atoms with Gasteiger partial charge in [0.05, 0.1) is 11.5 Å². The fourth-order valence-electron chi connectivity index (χ4n) is 6.33. The average Bonchev–Trinajstić information content (AvgIpc) is 3.23. The third-order valence-corrected chi connectivity index (χ3v) is 7.74. The molecule has 1 saturated carbocycles. The summed E-state index contributed by atoms with van der Waals surface area (Å²) in [6.45, 7) is 1.96. The largest absolute Gasteiger partial charge is 0.459 e. The van der Waals surface area contributed by atoms with E-state index >= 15 is 0 Å². The van der Waals surface area contributed by atoms with E-state index < -0.39 is 11.2 Å². The molecule has 1 atom stereocenters. The predicted octanol–water partition coefficient (Wildman–Crippen LogP) is 3.65. The number of amides is 2. The number of aryl methyl sites for hydroxylation is 2. The molecule has 2 amide bonds. The topological polar surface area (TPSA) is 132 Å². The number of aromatic nitrogens is 2. The van der Waals surface area contributed by atoms with Crippen LogP contribution in [0.5, 0.6) is 0 Å². The molecule has 2 aromatic carbocycles. The van der Waals surface area contributed by atoms with E-state index in [1.165, 1.54) is 6.42 Å². The summed E-state index contributed by atoms with van der Waals surface area (Å²) < 4.78 is 7.56. The molecule has 0 radical (unpaired) electrons. The third kappa shape index (κ3) is 4.59. The highest BCUT2D eigenvalue weighted by atomic mass is 16.5. The third-order valence-electron chi connectivity index (χ3n) is 7.74. The quantitative estimate of drug-likeness (QED) is 0.402. The van der Waals surface area contributed by atoms with E-state index in [0.29, 0.717) is 49.3 Å². The lowest BCUT2D eigenvalue weighted by Gasteiger charge is -2.38. The Hall–Kier alpha value is -3.72. The molecule has 4 N–H and O–H groups in total. The Kier molecular flexibility index (Phi) is 6.97. The summed E-state index contributed by atoms with van der Waals surface area (Å²) in [5.74, 6) is -0.0475. The Morgan fingerprint density at radius 2 is 1.59 bits per heavy atom. The molecule has 5 rings (SSSR count). The minimum atomic E-state index is -0.863. The molecule has 37 heavy (non-hydrogen) atoms. The second-order valence-electron chi connectivity index (χ2n) is 10.3. The van der Waals surface area contributed by atoms with Crippen LogP contribution in [0.4, 0.5) is 11.4 Å². The van der Waals surface area contributed by atoms with Crippen LogP contribution in [0.2, 0.25) is 0 Å². The van der Waals surface area contributed by atoms with Crippen LogP contribution in [0.1, 0.15) is 79.6 Å². The summed E-state index contributed by atoms with van der Waals surface area (Å²) in [6, 6.07) is 11.6.